The third-order valence-electron chi connectivity index (χ3n) is 2.77. The van der Waals surface area contributed by atoms with Gasteiger partial charge in [0.1, 0.15) is 5.75 Å². The summed E-state index contributed by atoms with van der Waals surface area (Å²) < 4.78 is 17.6. The summed E-state index contributed by atoms with van der Waals surface area (Å²) >= 11 is 0. The van der Waals surface area contributed by atoms with Gasteiger partial charge in [0.15, 0.2) is 0 Å². The van der Waals surface area contributed by atoms with E-state index in [0.29, 0.717) is 37.6 Å². The molecule has 0 aliphatic carbocycles. The van der Waals surface area contributed by atoms with E-state index in [1.165, 1.54) is 0 Å². The van der Waals surface area contributed by atoms with Crippen molar-refractivity contribution in [2.24, 2.45) is 17.8 Å². The van der Waals surface area contributed by atoms with Gasteiger partial charge in [-0.1, -0.05) is 41.5 Å². The highest BCUT2D eigenvalue weighted by atomic mass is 31.0. The van der Waals surface area contributed by atoms with Gasteiger partial charge in [-0.25, -0.2) is 0 Å². The van der Waals surface area contributed by atoms with Crippen LogP contribution in [0.25, 0.3) is 0 Å². The van der Waals surface area contributed by atoms with Crippen LogP contribution in [0.15, 0.2) is 12.1 Å². The Morgan fingerprint density at radius 2 is 1.09 bits per heavy atom. The van der Waals surface area contributed by atoms with Crippen LogP contribution in [0.1, 0.15) is 41.5 Å². The molecule has 1 aromatic carbocycles. The van der Waals surface area contributed by atoms with E-state index in [1.807, 2.05) is 12.1 Å². The van der Waals surface area contributed by atoms with Crippen LogP contribution in [-0.2, 0) is 0 Å². The minimum Gasteiger partial charge on any atom is -0.517 e. The molecule has 126 valence electrons. The van der Waals surface area contributed by atoms with Gasteiger partial charge in [0.25, 0.3) is 0 Å². The van der Waals surface area contributed by atoms with E-state index in [1.54, 1.807) is 0 Å². The summed E-state index contributed by atoms with van der Waals surface area (Å²) in [6, 6.07) is 3.85. The summed E-state index contributed by atoms with van der Waals surface area (Å²) in [5.74, 6) is 3.73. The van der Waals surface area contributed by atoms with Crippen molar-refractivity contribution in [2.75, 3.05) is 19.8 Å². The molecular weight excluding hydrogens is 295 g/mol. The molecule has 1 aromatic rings. The molecule has 0 spiro atoms. The molecular formula is C18H30O3P-. The van der Waals surface area contributed by atoms with Crippen molar-refractivity contribution in [3.63, 3.8) is 0 Å². The quantitative estimate of drug-likeness (QED) is 0.623. The first-order valence-corrected chi connectivity index (χ1v) is 8.57. The summed E-state index contributed by atoms with van der Waals surface area (Å²) in [5, 5.41) is 0.846. The summed E-state index contributed by atoms with van der Waals surface area (Å²) in [6.45, 7) is 14.8. The Labute approximate surface area is 137 Å². The van der Waals surface area contributed by atoms with Gasteiger partial charge in [0.2, 0.25) is 0 Å². The fourth-order valence-corrected chi connectivity index (χ4v) is 1.94. The Bertz CT molecular complexity index is 423. The van der Waals surface area contributed by atoms with Crippen molar-refractivity contribution in [1.29, 1.82) is 0 Å². The lowest BCUT2D eigenvalue weighted by Gasteiger charge is -2.22. The van der Waals surface area contributed by atoms with Crippen LogP contribution in [0.4, 0.5) is 0 Å². The Kier molecular flexibility index (Phi) is 8.03. The maximum atomic E-state index is 5.88. The van der Waals surface area contributed by atoms with Crippen LogP contribution in [0.2, 0.25) is 0 Å². The van der Waals surface area contributed by atoms with E-state index in [2.05, 4.69) is 50.8 Å². The number of ether oxygens (including phenoxy) is 3. The van der Waals surface area contributed by atoms with Gasteiger partial charge in [-0.15, -0.1) is 5.30 Å². The van der Waals surface area contributed by atoms with Gasteiger partial charge in [0.05, 0.1) is 31.3 Å². The molecule has 0 N–H and O–H groups in total. The third kappa shape index (κ3) is 6.87. The molecule has 1 rings (SSSR count). The van der Waals surface area contributed by atoms with Crippen molar-refractivity contribution in [3.05, 3.63) is 12.1 Å². The maximum Gasteiger partial charge on any atom is 0.126 e. The SMILES string of the molecule is CC(C)COc1cc(OCC(C)C)c([PH-])c(OCC(C)C)c1. The van der Waals surface area contributed by atoms with Gasteiger partial charge in [-0.2, -0.15) is 0 Å². The Morgan fingerprint density at radius 1 is 0.727 bits per heavy atom. The number of hydrogen-bond acceptors (Lipinski definition) is 3. The standard InChI is InChI=1S/C18H30O3P/c1-12(2)9-19-15-7-16(20-10-13(3)4)18(22)17(8-15)21-11-14(5)6/h7-8,12-14,22H,9-11H2,1-6H3/q-1. The second-order valence-electron chi connectivity index (χ2n) is 6.91. The van der Waals surface area contributed by atoms with Crippen molar-refractivity contribution in [2.45, 2.75) is 41.5 Å². The monoisotopic (exact) mass is 325 g/mol. The molecule has 3 nitrogen and oxygen atoms in total. The van der Waals surface area contributed by atoms with E-state index in [9.17, 15) is 0 Å². The van der Waals surface area contributed by atoms with Gasteiger partial charge in [0, 0.05) is 12.1 Å². The minimum atomic E-state index is 0.464. The molecule has 22 heavy (non-hydrogen) atoms. The van der Waals surface area contributed by atoms with Crippen LogP contribution in [0.3, 0.4) is 0 Å². The molecule has 0 bridgehead atoms. The van der Waals surface area contributed by atoms with Crippen LogP contribution in [-0.4, -0.2) is 19.8 Å². The average Bonchev–Trinajstić information content (AvgIpc) is 2.42. The van der Waals surface area contributed by atoms with Gasteiger partial charge in [-0.3, -0.25) is 0 Å². The molecule has 4 heteroatoms. The molecule has 0 aliphatic rings. The zero-order chi connectivity index (χ0) is 16.7. The van der Waals surface area contributed by atoms with Crippen molar-refractivity contribution in [1.82, 2.24) is 0 Å². The number of benzene rings is 1. The zero-order valence-electron chi connectivity index (χ0n) is 14.7. The van der Waals surface area contributed by atoms with Gasteiger partial charge >= 0.3 is 0 Å². The molecule has 0 fully saturated rings. The predicted molar refractivity (Wildman–Crippen MR) is 95.4 cm³/mol. The number of hydrogen-bond donors (Lipinski definition) is 0. The van der Waals surface area contributed by atoms with E-state index in [4.69, 9.17) is 14.2 Å². The lowest BCUT2D eigenvalue weighted by molar-refractivity contribution is 0.248. The highest BCUT2D eigenvalue weighted by Gasteiger charge is 2.08. The maximum absolute atomic E-state index is 5.88. The molecule has 0 saturated carbocycles. The first kappa shape index (κ1) is 19.1. The smallest absolute Gasteiger partial charge is 0.126 e. The van der Waals surface area contributed by atoms with E-state index in [-0.39, 0.29) is 0 Å². The minimum absolute atomic E-state index is 0.464. The van der Waals surface area contributed by atoms with Gasteiger partial charge in [-0.05, 0) is 17.8 Å². The lowest BCUT2D eigenvalue weighted by Crippen LogP contribution is -2.14. The van der Waals surface area contributed by atoms with Gasteiger partial charge < -0.3 is 23.5 Å². The molecule has 0 saturated heterocycles. The second-order valence-corrected chi connectivity index (χ2v) is 7.41. The van der Waals surface area contributed by atoms with Crippen molar-refractivity contribution >= 4 is 14.5 Å². The largest absolute Gasteiger partial charge is 0.517 e. The summed E-state index contributed by atoms with van der Waals surface area (Å²) in [4.78, 5) is 0. The summed E-state index contributed by atoms with van der Waals surface area (Å²) in [6.07, 6.45) is 0. The Balaban J connectivity index is 2.95. The second kappa shape index (κ2) is 9.25. The molecule has 0 aliphatic heterocycles. The van der Waals surface area contributed by atoms with Crippen molar-refractivity contribution < 1.29 is 14.2 Å². The predicted octanol–water partition coefficient (Wildman–Crippen LogP) is 4.56. The van der Waals surface area contributed by atoms with E-state index < -0.39 is 0 Å². The molecule has 0 radical (unpaired) electrons. The van der Waals surface area contributed by atoms with Crippen LogP contribution in [0, 0.1) is 17.8 Å². The summed E-state index contributed by atoms with van der Waals surface area (Å²) in [7, 11) is 3.65. The Morgan fingerprint density at radius 3 is 1.45 bits per heavy atom. The first-order chi connectivity index (χ1) is 10.3. The van der Waals surface area contributed by atoms with E-state index in [0.717, 1.165) is 22.6 Å². The topological polar surface area (TPSA) is 27.7 Å². The highest BCUT2D eigenvalue weighted by molar-refractivity contribution is 7.28. The fourth-order valence-electron chi connectivity index (χ4n) is 1.65. The molecule has 0 heterocycles. The average molecular weight is 325 g/mol. The highest BCUT2D eigenvalue weighted by Crippen LogP contribution is 2.29. The Hall–Kier alpha value is -0.950. The first-order valence-electron chi connectivity index (χ1n) is 8.07. The lowest BCUT2D eigenvalue weighted by atomic mass is 10.2. The molecule has 0 aromatic heterocycles. The molecule has 0 atom stereocenters. The fraction of sp³-hybridized carbons (Fsp3) is 0.667. The third-order valence-corrected chi connectivity index (χ3v) is 3.26. The number of rotatable bonds is 9. The van der Waals surface area contributed by atoms with Crippen LogP contribution >= 0.6 is 9.24 Å². The van der Waals surface area contributed by atoms with E-state index >= 15 is 0 Å². The van der Waals surface area contributed by atoms with Crippen LogP contribution in [0.5, 0.6) is 17.2 Å². The van der Waals surface area contributed by atoms with Crippen molar-refractivity contribution in [3.8, 4) is 17.2 Å². The summed E-state index contributed by atoms with van der Waals surface area (Å²) in [5.41, 5.74) is 0. The zero-order valence-corrected chi connectivity index (χ0v) is 15.7. The molecule has 0 amide bonds. The van der Waals surface area contributed by atoms with Crippen LogP contribution < -0.4 is 19.5 Å². The normalized spacial score (nSPS) is 11.4. The molecule has 0 unspecified atom stereocenters.